The molecule has 1 aromatic carbocycles. The zero-order valence-corrected chi connectivity index (χ0v) is 12.7. The predicted octanol–water partition coefficient (Wildman–Crippen LogP) is 2.49. The lowest BCUT2D eigenvalue weighted by Gasteiger charge is -2.18. The van der Waals surface area contributed by atoms with Crippen LogP contribution in [0, 0.1) is 5.92 Å². The van der Waals surface area contributed by atoms with Crippen molar-refractivity contribution in [1.82, 2.24) is 10.6 Å². The fourth-order valence-corrected chi connectivity index (χ4v) is 1.77. The van der Waals surface area contributed by atoms with Crippen LogP contribution in [0.5, 0.6) is 5.75 Å². The van der Waals surface area contributed by atoms with Crippen LogP contribution in [-0.2, 0) is 6.54 Å². The van der Waals surface area contributed by atoms with Crippen molar-refractivity contribution >= 4 is 6.03 Å². The minimum Gasteiger partial charge on any atom is -0.434 e. The van der Waals surface area contributed by atoms with Crippen molar-refractivity contribution in [2.45, 2.75) is 39.5 Å². The number of benzene rings is 1. The van der Waals surface area contributed by atoms with Gasteiger partial charge in [0, 0.05) is 18.7 Å². The molecule has 0 saturated heterocycles. The molecule has 0 aliphatic carbocycles. The summed E-state index contributed by atoms with van der Waals surface area (Å²) >= 11 is 0. The summed E-state index contributed by atoms with van der Waals surface area (Å²) < 4.78 is 28.9. The van der Waals surface area contributed by atoms with Crippen molar-refractivity contribution in [2.75, 3.05) is 6.54 Å². The van der Waals surface area contributed by atoms with Gasteiger partial charge in [0.25, 0.3) is 0 Å². The summed E-state index contributed by atoms with van der Waals surface area (Å²) in [6, 6.07) is 5.76. The third kappa shape index (κ3) is 6.26. The molecule has 0 radical (unpaired) electrons. The molecule has 7 heteroatoms. The van der Waals surface area contributed by atoms with Crippen molar-refractivity contribution in [3.05, 3.63) is 29.8 Å². The average Bonchev–Trinajstić information content (AvgIpc) is 2.50. The molecule has 0 aliphatic heterocycles. The second-order valence-electron chi connectivity index (χ2n) is 5.00. The van der Waals surface area contributed by atoms with Crippen molar-refractivity contribution in [3.8, 4) is 5.75 Å². The van der Waals surface area contributed by atoms with Crippen LogP contribution in [0.4, 0.5) is 13.6 Å². The van der Waals surface area contributed by atoms with E-state index in [9.17, 15) is 18.7 Å². The Hall–Kier alpha value is -1.89. The standard InChI is InChI=1S/C15H22F2N2O3/c1-3-10(2)12(20)9-19-15(21)18-8-11-6-4-5-7-13(11)22-14(16)17/h4-7,10,12,14,20H,3,8-9H2,1-2H3,(H2,18,19,21). The Morgan fingerprint density at radius 2 is 2.00 bits per heavy atom. The Morgan fingerprint density at radius 3 is 2.64 bits per heavy atom. The molecule has 0 aromatic heterocycles. The minimum atomic E-state index is -2.92. The quantitative estimate of drug-likeness (QED) is 0.690. The van der Waals surface area contributed by atoms with Crippen LogP contribution in [0.25, 0.3) is 0 Å². The first-order valence-electron chi connectivity index (χ1n) is 7.16. The summed E-state index contributed by atoms with van der Waals surface area (Å²) in [5.41, 5.74) is 0.445. The Kier molecular flexibility index (Phi) is 7.59. The maximum Gasteiger partial charge on any atom is 0.387 e. The van der Waals surface area contributed by atoms with Crippen LogP contribution in [0.15, 0.2) is 24.3 Å². The number of carbonyl (C=O) groups is 1. The number of nitrogens with one attached hydrogen (secondary N) is 2. The van der Waals surface area contributed by atoms with Crippen LogP contribution in [0.2, 0.25) is 0 Å². The largest absolute Gasteiger partial charge is 0.434 e. The van der Waals surface area contributed by atoms with Crippen molar-refractivity contribution in [2.24, 2.45) is 5.92 Å². The number of aliphatic hydroxyl groups is 1. The van der Waals surface area contributed by atoms with Gasteiger partial charge in [0.05, 0.1) is 6.10 Å². The van der Waals surface area contributed by atoms with Gasteiger partial charge in [0.15, 0.2) is 0 Å². The topological polar surface area (TPSA) is 70.6 Å². The van der Waals surface area contributed by atoms with E-state index in [-0.39, 0.29) is 24.8 Å². The van der Waals surface area contributed by atoms with E-state index in [1.807, 2.05) is 13.8 Å². The molecule has 2 unspecified atom stereocenters. The average molecular weight is 316 g/mol. The zero-order chi connectivity index (χ0) is 16.5. The van der Waals surface area contributed by atoms with E-state index < -0.39 is 18.7 Å². The number of rotatable bonds is 8. The molecule has 5 nitrogen and oxygen atoms in total. The number of alkyl halides is 2. The Morgan fingerprint density at radius 1 is 1.32 bits per heavy atom. The smallest absolute Gasteiger partial charge is 0.387 e. The number of halogens is 2. The fraction of sp³-hybridized carbons (Fsp3) is 0.533. The van der Waals surface area contributed by atoms with Gasteiger partial charge in [0.1, 0.15) is 5.75 Å². The maximum atomic E-state index is 12.3. The number of aliphatic hydroxyl groups excluding tert-OH is 1. The summed E-state index contributed by atoms with van der Waals surface area (Å²) in [6.07, 6.45) is 0.188. The second-order valence-corrected chi connectivity index (χ2v) is 5.00. The molecule has 0 bridgehead atoms. The number of hydrogen-bond acceptors (Lipinski definition) is 3. The molecular weight excluding hydrogens is 294 g/mol. The molecule has 22 heavy (non-hydrogen) atoms. The second kappa shape index (κ2) is 9.19. The molecule has 124 valence electrons. The number of hydrogen-bond donors (Lipinski definition) is 3. The zero-order valence-electron chi connectivity index (χ0n) is 12.7. The van der Waals surface area contributed by atoms with Gasteiger partial charge >= 0.3 is 12.6 Å². The summed E-state index contributed by atoms with van der Waals surface area (Å²) in [6.45, 7) is 1.11. The van der Waals surface area contributed by atoms with E-state index in [4.69, 9.17) is 0 Å². The number of ether oxygens (including phenoxy) is 1. The molecule has 2 amide bonds. The third-order valence-electron chi connectivity index (χ3n) is 3.40. The summed E-state index contributed by atoms with van der Waals surface area (Å²) in [5.74, 6) is 0.109. The first-order valence-corrected chi connectivity index (χ1v) is 7.16. The highest BCUT2D eigenvalue weighted by atomic mass is 19.3. The fourth-order valence-electron chi connectivity index (χ4n) is 1.77. The Bertz CT molecular complexity index is 472. The van der Waals surface area contributed by atoms with Crippen LogP contribution in [0.3, 0.4) is 0 Å². The van der Waals surface area contributed by atoms with Gasteiger partial charge in [-0.25, -0.2) is 4.79 Å². The first-order chi connectivity index (χ1) is 10.4. The SMILES string of the molecule is CCC(C)C(O)CNC(=O)NCc1ccccc1OC(F)F. The van der Waals surface area contributed by atoms with Crippen LogP contribution >= 0.6 is 0 Å². The summed E-state index contributed by atoms with van der Waals surface area (Å²) in [5, 5.41) is 14.8. The van der Waals surface area contributed by atoms with Gasteiger partial charge in [-0.1, -0.05) is 38.5 Å². The number of carbonyl (C=O) groups excluding carboxylic acids is 1. The van der Waals surface area contributed by atoms with E-state index in [0.29, 0.717) is 5.56 Å². The monoisotopic (exact) mass is 316 g/mol. The van der Waals surface area contributed by atoms with E-state index in [0.717, 1.165) is 6.42 Å². The lowest BCUT2D eigenvalue weighted by Crippen LogP contribution is -2.41. The summed E-state index contributed by atoms with van der Waals surface area (Å²) in [7, 11) is 0. The highest BCUT2D eigenvalue weighted by Gasteiger charge is 2.14. The Balaban J connectivity index is 2.44. The number of amides is 2. The van der Waals surface area contributed by atoms with Crippen molar-refractivity contribution < 1.29 is 23.4 Å². The van der Waals surface area contributed by atoms with Gasteiger partial charge in [-0.05, 0) is 12.0 Å². The number of para-hydroxylation sites is 1. The van der Waals surface area contributed by atoms with Crippen LogP contribution in [0.1, 0.15) is 25.8 Å². The maximum absolute atomic E-state index is 12.3. The van der Waals surface area contributed by atoms with E-state index in [2.05, 4.69) is 15.4 Å². The van der Waals surface area contributed by atoms with Gasteiger partial charge in [-0.15, -0.1) is 0 Å². The molecule has 0 fully saturated rings. The normalized spacial score (nSPS) is 13.5. The van der Waals surface area contributed by atoms with E-state index >= 15 is 0 Å². The lowest BCUT2D eigenvalue weighted by atomic mass is 10.0. The van der Waals surface area contributed by atoms with Crippen LogP contribution < -0.4 is 15.4 Å². The molecule has 0 saturated carbocycles. The van der Waals surface area contributed by atoms with E-state index in [1.165, 1.54) is 6.07 Å². The molecular formula is C15H22F2N2O3. The third-order valence-corrected chi connectivity index (χ3v) is 3.40. The molecule has 2 atom stereocenters. The van der Waals surface area contributed by atoms with Gasteiger partial charge < -0.3 is 20.5 Å². The molecule has 0 aliphatic rings. The highest BCUT2D eigenvalue weighted by molar-refractivity contribution is 5.73. The van der Waals surface area contributed by atoms with Crippen molar-refractivity contribution in [3.63, 3.8) is 0 Å². The molecule has 0 spiro atoms. The summed E-state index contributed by atoms with van der Waals surface area (Å²) in [4.78, 5) is 11.6. The van der Waals surface area contributed by atoms with Gasteiger partial charge in [0.2, 0.25) is 0 Å². The predicted molar refractivity (Wildman–Crippen MR) is 78.8 cm³/mol. The van der Waals surface area contributed by atoms with E-state index in [1.54, 1.807) is 18.2 Å². The molecule has 1 aromatic rings. The van der Waals surface area contributed by atoms with Crippen molar-refractivity contribution in [1.29, 1.82) is 0 Å². The highest BCUT2D eigenvalue weighted by Crippen LogP contribution is 2.19. The van der Waals surface area contributed by atoms with Crippen LogP contribution in [-0.4, -0.2) is 30.4 Å². The molecule has 1 rings (SSSR count). The van der Waals surface area contributed by atoms with Gasteiger partial charge in [-0.3, -0.25) is 0 Å². The number of urea groups is 1. The Labute approximate surface area is 128 Å². The molecule has 3 N–H and O–H groups in total. The van der Waals surface area contributed by atoms with Gasteiger partial charge in [-0.2, -0.15) is 8.78 Å². The first kappa shape index (κ1) is 18.2. The molecule has 0 heterocycles. The minimum absolute atomic E-state index is 0.0254. The lowest BCUT2D eigenvalue weighted by molar-refractivity contribution is -0.0504.